The monoisotopic (exact) mass is 472 g/mol. The number of nitrogens with zero attached hydrogens (tertiary/aromatic N) is 5. The summed E-state index contributed by atoms with van der Waals surface area (Å²) in [7, 11) is 0. The molecule has 0 unspecified atom stereocenters. The van der Waals surface area contributed by atoms with Gasteiger partial charge >= 0.3 is 0 Å². The number of halogens is 1. The van der Waals surface area contributed by atoms with E-state index >= 15 is 0 Å². The van der Waals surface area contributed by atoms with E-state index in [0.717, 1.165) is 55.3 Å². The van der Waals surface area contributed by atoms with Crippen LogP contribution in [0.3, 0.4) is 0 Å². The van der Waals surface area contributed by atoms with Crippen molar-refractivity contribution >= 4 is 34.7 Å². The van der Waals surface area contributed by atoms with Gasteiger partial charge in [0.2, 0.25) is 0 Å². The van der Waals surface area contributed by atoms with Crippen molar-refractivity contribution in [2.24, 2.45) is 0 Å². The van der Waals surface area contributed by atoms with Crippen LogP contribution >= 0.6 is 0 Å². The number of hydrogen-bond donors (Lipinski definition) is 3. The molecule has 2 aromatic heterocycles. The molecular formula is C26H29FN8. The summed E-state index contributed by atoms with van der Waals surface area (Å²) >= 11 is 0. The molecule has 0 saturated carbocycles. The molecule has 9 heteroatoms. The van der Waals surface area contributed by atoms with Crippen LogP contribution in [-0.2, 0) is 0 Å². The fourth-order valence-electron chi connectivity index (χ4n) is 4.43. The third kappa shape index (κ3) is 4.95. The zero-order valence-electron chi connectivity index (χ0n) is 19.5. The molecule has 1 aliphatic heterocycles. The van der Waals surface area contributed by atoms with Crippen LogP contribution in [0.1, 0.15) is 12.0 Å². The third-order valence-corrected chi connectivity index (χ3v) is 6.39. The van der Waals surface area contributed by atoms with Gasteiger partial charge in [0, 0.05) is 85.7 Å². The molecule has 1 saturated heterocycles. The van der Waals surface area contributed by atoms with Crippen molar-refractivity contribution in [3.05, 3.63) is 66.6 Å². The van der Waals surface area contributed by atoms with Crippen LogP contribution in [0.5, 0.6) is 0 Å². The highest BCUT2D eigenvalue weighted by Crippen LogP contribution is 2.27. The highest BCUT2D eigenvalue weighted by atomic mass is 19.1. The Morgan fingerprint density at radius 2 is 1.89 bits per heavy atom. The minimum Gasteiger partial charge on any atom is -0.398 e. The molecule has 5 rings (SSSR count). The van der Waals surface area contributed by atoms with Gasteiger partial charge in [-0.15, -0.1) is 0 Å². The van der Waals surface area contributed by atoms with Gasteiger partial charge in [0.15, 0.2) is 11.5 Å². The third-order valence-electron chi connectivity index (χ3n) is 6.39. The minimum atomic E-state index is -0.247. The zero-order chi connectivity index (χ0) is 24.2. The van der Waals surface area contributed by atoms with Gasteiger partial charge in [0.05, 0.1) is 12.4 Å². The van der Waals surface area contributed by atoms with Crippen molar-refractivity contribution in [2.45, 2.75) is 6.42 Å². The highest BCUT2D eigenvalue weighted by Gasteiger charge is 2.17. The van der Waals surface area contributed by atoms with Crippen molar-refractivity contribution in [3.8, 4) is 11.3 Å². The molecule has 0 bridgehead atoms. The molecule has 0 spiro atoms. The first-order valence-electron chi connectivity index (χ1n) is 11.8. The van der Waals surface area contributed by atoms with Gasteiger partial charge in [0.25, 0.3) is 0 Å². The smallest absolute Gasteiger partial charge is 0.180 e. The van der Waals surface area contributed by atoms with Crippen molar-refractivity contribution < 1.29 is 4.39 Å². The summed E-state index contributed by atoms with van der Waals surface area (Å²) < 4.78 is 14.4. The van der Waals surface area contributed by atoms with Gasteiger partial charge in [-0.3, -0.25) is 9.29 Å². The van der Waals surface area contributed by atoms with Crippen molar-refractivity contribution in [2.75, 3.05) is 55.3 Å². The van der Waals surface area contributed by atoms with Gasteiger partial charge in [-0.1, -0.05) is 12.1 Å². The molecule has 0 amide bonds. The van der Waals surface area contributed by atoms with Crippen LogP contribution < -0.4 is 16.0 Å². The summed E-state index contributed by atoms with van der Waals surface area (Å²) in [6.45, 7) is 4.39. The van der Waals surface area contributed by atoms with E-state index in [-0.39, 0.29) is 6.67 Å². The summed E-state index contributed by atoms with van der Waals surface area (Å²) in [6, 6.07) is 13.9. The lowest BCUT2D eigenvalue weighted by Gasteiger charge is -2.36. The molecule has 0 aliphatic carbocycles. The Labute approximate surface area is 203 Å². The Morgan fingerprint density at radius 1 is 1.09 bits per heavy atom. The molecule has 0 radical (unpaired) electrons. The average molecular weight is 473 g/mol. The summed E-state index contributed by atoms with van der Waals surface area (Å²) in [4.78, 5) is 14.0. The molecule has 8 nitrogen and oxygen atoms in total. The molecule has 180 valence electrons. The number of fused-ring (bicyclic) bond motifs is 1. The van der Waals surface area contributed by atoms with Crippen LogP contribution in [0.2, 0.25) is 0 Å². The van der Waals surface area contributed by atoms with E-state index in [0.29, 0.717) is 23.5 Å². The maximum Gasteiger partial charge on any atom is 0.180 e. The molecule has 1 fully saturated rings. The number of hydrogen-bond acceptors (Lipinski definition) is 7. The first-order chi connectivity index (χ1) is 17.1. The predicted molar refractivity (Wildman–Crippen MR) is 140 cm³/mol. The maximum absolute atomic E-state index is 12.4. The molecule has 4 aromatic rings. The second-order valence-electron chi connectivity index (χ2n) is 8.66. The van der Waals surface area contributed by atoms with Crippen LogP contribution in [0, 0.1) is 5.41 Å². The molecule has 4 N–H and O–H groups in total. The summed E-state index contributed by atoms with van der Waals surface area (Å²) in [5.74, 6) is 0.649. The fraction of sp³-hybridized carbons (Fsp3) is 0.269. The lowest BCUT2D eigenvalue weighted by molar-refractivity contribution is 0.245. The van der Waals surface area contributed by atoms with Crippen LogP contribution in [0.15, 0.2) is 61.1 Å². The van der Waals surface area contributed by atoms with Crippen LogP contribution in [-0.4, -0.2) is 64.9 Å². The Morgan fingerprint density at radius 3 is 2.60 bits per heavy atom. The standard InChI is InChI=1S/C26H29FN8/c27-8-1-10-33-12-14-34(15-13-33)22-6-4-21(5-7-22)31-25-26-30-9-11-35(26)18-24(32-25)19-2-3-20(17-28)23(29)16-19/h2-7,9,11,16-18,28H,1,8,10,12-15,29H2,(H,31,32). The first-order valence-corrected chi connectivity index (χ1v) is 11.8. The Hall–Kier alpha value is -3.98. The predicted octanol–water partition coefficient (Wildman–Crippen LogP) is 4.20. The fourth-order valence-corrected chi connectivity index (χ4v) is 4.43. The number of nitrogens with one attached hydrogen (secondary N) is 2. The van der Waals surface area contributed by atoms with Gasteiger partial charge in [-0.05, 0) is 36.8 Å². The van der Waals surface area contributed by atoms with E-state index in [1.807, 2.05) is 35.0 Å². The molecular weight excluding hydrogens is 443 g/mol. The van der Waals surface area contributed by atoms with Gasteiger partial charge in [-0.2, -0.15) is 0 Å². The van der Waals surface area contributed by atoms with E-state index in [9.17, 15) is 4.39 Å². The number of imidazole rings is 1. The van der Waals surface area contributed by atoms with E-state index < -0.39 is 0 Å². The van der Waals surface area contributed by atoms with E-state index in [2.05, 4.69) is 44.4 Å². The minimum absolute atomic E-state index is 0.247. The topological polar surface area (TPSA) is 98.6 Å². The lowest BCUT2D eigenvalue weighted by Crippen LogP contribution is -2.46. The number of benzene rings is 2. The molecule has 35 heavy (non-hydrogen) atoms. The summed E-state index contributed by atoms with van der Waals surface area (Å²) in [5, 5.41) is 10.9. The number of piperazine rings is 1. The van der Waals surface area contributed by atoms with Crippen molar-refractivity contribution in [1.29, 1.82) is 5.41 Å². The van der Waals surface area contributed by atoms with Gasteiger partial charge < -0.3 is 25.8 Å². The maximum atomic E-state index is 12.4. The Balaban J connectivity index is 1.34. The SMILES string of the molecule is N=Cc1ccc(-c2cn3ccnc3c(Nc3ccc(N4CCN(CCCF)CC4)cc3)n2)cc1N. The first kappa shape index (κ1) is 22.8. The summed E-state index contributed by atoms with van der Waals surface area (Å²) in [5.41, 5.74) is 11.8. The van der Waals surface area contributed by atoms with E-state index in [1.165, 1.54) is 11.9 Å². The molecule has 0 atom stereocenters. The van der Waals surface area contributed by atoms with E-state index in [4.69, 9.17) is 16.1 Å². The number of aromatic nitrogens is 3. The van der Waals surface area contributed by atoms with Crippen molar-refractivity contribution in [3.63, 3.8) is 0 Å². The van der Waals surface area contributed by atoms with E-state index in [1.54, 1.807) is 6.20 Å². The largest absolute Gasteiger partial charge is 0.398 e. The second-order valence-corrected chi connectivity index (χ2v) is 8.66. The normalized spacial score (nSPS) is 14.4. The number of nitrogen functional groups attached to an aromatic ring is 1. The molecule has 1 aliphatic rings. The summed E-state index contributed by atoms with van der Waals surface area (Å²) in [6.07, 6.45) is 7.41. The number of nitrogens with two attached hydrogens (primary N) is 1. The Kier molecular flexibility index (Phi) is 6.58. The van der Waals surface area contributed by atoms with Gasteiger partial charge in [-0.25, -0.2) is 9.97 Å². The second kappa shape index (κ2) is 10.1. The zero-order valence-corrected chi connectivity index (χ0v) is 19.5. The number of alkyl halides is 1. The average Bonchev–Trinajstić information content (AvgIpc) is 3.37. The van der Waals surface area contributed by atoms with Gasteiger partial charge in [0.1, 0.15) is 0 Å². The van der Waals surface area contributed by atoms with Crippen molar-refractivity contribution in [1.82, 2.24) is 19.3 Å². The quantitative estimate of drug-likeness (QED) is 0.263. The highest BCUT2D eigenvalue weighted by molar-refractivity contribution is 5.87. The number of anilines is 4. The van der Waals surface area contributed by atoms with Crippen LogP contribution in [0.4, 0.5) is 27.3 Å². The number of rotatable bonds is 8. The Bertz CT molecular complexity index is 1310. The molecule has 3 heterocycles. The lowest BCUT2D eigenvalue weighted by atomic mass is 10.1. The van der Waals surface area contributed by atoms with Crippen LogP contribution in [0.25, 0.3) is 16.9 Å². The molecule has 2 aromatic carbocycles.